The minimum Gasteiger partial charge on any atom is -0.255 e. The van der Waals surface area contributed by atoms with E-state index in [4.69, 9.17) is 0 Å². The minimum atomic E-state index is 1.03. The molecule has 1 aromatic carbocycles. The molecule has 0 amide bonds. The lowest BCUT2D eigenvalue weighted by Gasteiger charge is -1.97. The number of thiol groups is 1. The summed E-state index contributed by atoms with van der Waals surface area (Å²) < 4.78 is 0. The summed E-state index contributed by atoms with van der Waals surface area (Å²) in [4.78, 5) is 5.36. The second-order valence-electron chi connectivity index (χ2n) is 2.46. The molecule has 0 N–H and O–H groups in total. The smallest absolute Gasteiger partial charge is 0.0702 e. The van der Waals surface area contributed by atoms with Gasteiger partial charge in [-0.25, -0.2) is 0 Å². The highest BCUT2D eigenvalue weighted by atomic mass is 33.1. The predicted octanol–water partition coefficient (Wildman–Crippen LogP) is 3.17. The summed E-state index contributed by atoms with van der Waals surface area (Å²) in [6.45, 7) is 0. The Labute approximate surface area is 80.0 Å². The van der Waals surface area contributed by atoms with Gasteiger partial charge < -0.3 is 0 Å². The molecule has 2 rings (SSSR count). The van der Waals surface area contributed by atoms with Gasteiger partial charge in [-0.3, -0.25) is 4.98 Å². The number of benzene rings is 1. The molecular formula is C9H7NS2. The zero-order chi connectivity index (χ0) is 8.39. The molecular weight excluding hydrogens is 186 g/mol. The van der Waals surface area contributed by atoms with Crippen LogP contribution in [0.3, 0.4) is 0 Å². The molecule has 60 valence electrons. The molecule has 0 fully saturated rings. The van der Waals surface area contributed by atoms with Gasteiger partial charge in [-0.2, -0.15) is 0 Å². The van der Waals surface area contributed by atoms with Crippen LogP contribution in [-0.4, -0.2) is 4.98 Å². The van der Waals surface area contributed by atoms with Gasteiger partial charge in [0.15, 0.2) is 0 Å². The number of aromatic nitrogens is 1. The highest BCUT2D eigenvalue weighted by Crippen LogP contribution is 2.23. The van der Waals surface area contributed by atoms with Crippen LogP contribution in [0.5, 0.6) is 0 Å². The molecule has 0 aliphatic rings. The van der Waals surface area contributed by atoms with Crippen LogP contribution in [0.15, 0.2) is 41.4 Å². The predicted molar refractivity (Wildman–Crippen MR) is 56.6 cm³/mol. The number of para-hydroxylation sites is 1. The van der Waals surface area contributed by atoms with E-state index in [-0.39, 0.29) is 0 Å². The molecule has 0 radical (unpaired) electrons. The zero-order valence-corrected chi connectivity index (χ0v) is 7.98. The van der Waals surface area contributed by atoms with E-state index >= 15 is 0 Å². The van der Waals surface area contributed by atoms with Crippen LogP contribution in [0.25, 0.3) is 10.9 Å². The Morgan fingerprint density at radius 2 is 2.08 bits per heavy atom. The van der Waals surface area contributed by atoms with Crippen LogP contribution in [0.4, 0.5) is 0 Å². The van der Waals surface area contributed by atoms with Gasteiger partial charge in [-0.15, -0.1) is 11.7 Å². The average Bonchev–Trinajstić information content (AvgIpc) is 2.17. The van der Waals surface area contributed by atoms with Crippen LogP contribution in [0.1, 0.15) is 0 Å². The lowest BCUT2D eigenvalue weighted by Crippen LogP contribution is -1.77. The fraction of sp³-hybridized carbons (Fsp3) is 0. The first kappa shape index (κ1) is 7.95. The Morgan fingerprint density at radius 3 is 2.92 bits per heavy atom. The van der Waals surface area contributed by atoms with Crippen LogP contribution in [0.2, 0.25) is 0 Å². The van der Waals surface area contributed by atoms with Crippen molar-refractivity contribution in [3.63, 3.8) is 0 Å². The summed E-state index contributed by atoms with van der Waals surface area (Å²) in [5.41, 5.74) is 1.03. The standard InChI is InChI=1S/C9H7NS2/c11-12-8-5-7-3-1-2-4-9(7)10-6-8/h1-6,11H. The fourth-order valence-electron chi connectivity index (χ4n) is 1.10. The fourth-order valence-corrected chi connectivity index (χ4v) is 1.68. The normalized spacial score (nSPS) is 10.4. The van der Waals surface area contributed by atoms with Crippen LogP contribution in [0, 0.1) is 0 Å². The molecule has 0 saturated carbocycles. The number of nitrogens with zero attached hydrogens (tertiary/aromatic N) is 1. The molecule has 1 heterocycles. The largest absolute Gasteiger partial charge is 0.255 e. The molecule has 0 atom stereocenters. The van der Waals surface area contributed by atoms with Crippen LogP contribution < -0.4 is 0 Å². The zero-order valence-electron chi connectivity index (χ0n) is 6.27. The molecule has 3 heteroatoms. The molecule has 0 aliphatic heterocycles. The van der Waals surface area contributed by atoms with Gasteiger partial charge in [0.2, 0.25) is 0 Å². The maximum absolute atomic E-state index is 4.28. The van der Waals surface area contributed by atoms with Crippen molar-refractivity contribution in [3.8, 4) is 0 Å². The minimum absolute atomic E-state index is 1.03. The van der Waals surface area contributed by atoms with E-state index < -0.39 is 0 Å². The van der Waals surface area contributed by atoms with Gasteiger partial charge in [0.25, 0.3) is 0 Å². The number of rotatable bonds is 1. The van der Waals surface area contributed by atoms with E-state index in [0.717, 1.165) is 15.8 Å². The Balaban J connectivity index is 2.67. The van der Waals surface area contributed by atoms with Gasteiger partial charge in [0.05, 0.1) is 5.52 Å². The first-order chi connectivity index (χ1) is 5.90. The van der Waals surface area contributed by atoms with E-state index in [2.05, 4.69) is 28.8 Å². The third-order valence-electron chi connectivity index (χ3n) is 1.67. The summed E-state index contributed by atoms with van der Waals surface area (Å²) in [6.07, 6.45) is 1.83. The number of fused-ring (bicyclic) bond motifs is 1. The Hall–Kier alpha value is -0.670. The topological polar surface area (TPSA) is 12.9 Å². The van der Waals surface area contributed by atoms with Crippen molar-refractivity contribution in [2.45, 2.75) is 4.90 Å². The number of hydrogen-bond acceptors (Lipinski definition) is 3. The van der Waals surface area contributed by atoms with E-state index in [1.807, 2.05) is 24.4 Å². The van der Waals surface area contributed by atoms with Gasteiger partial charge >= 0.3 is 0 Å². The van der Waals surface area contributed by atoms with Crippen molar-refractivity contribution < 1.29 is 0 Å². The second kappa shape index (κ2) is 3.37. The maximum Gasteiger partial charge on any atom is 0.0702 e. The Kier molecular flexibility index (Phi) is 2.23. The molecule has 0 spiro atoms. The van der Waals surface area contributed by atoms with Gasteiger partial charge in [-0.1, -0.05) is 29.0 Å². The first-order valence-electron chi connectivity index (χ1n) is 3.56. The Bertz CT molecular complexity index is 400. The van der Waals surface area contributed by atoms with Crippen LogP contribution >= 0.6 is 22.5 Å². The summed E-state index contributed by atoms with van der Waals surface area (Å²) in [7, 11) is 1.42. The van der Waals surface area contributed by atoms with Crippen molar-refractivity contribution in [2.24, 2.45) is 0 Å². The third-order valence-corrected chi connectivity index (χ3v) is 2.74. The molecule has 1 nitrogen and oxygen atoms in total. The third kappa shape index (κ3) is 1.42. The summed E-state index contributed by atoms with van der Waals surface area (Å²) in [5.74, 6) is 0. The second-order valence-corrected chi connectivity index (χ2v) is 3.66. The number of hydrogen-bond donors (Lipinski definition) is 1. The molecule has 2 aromatic rings. The Morgan fingerprint density at radius 1 is 1.25 bits per heavy atom. The van der Waals surface area contributed by atoms with Gasteiger partial charge in [0, 0.05) is 16.5 Å². The monoisotopic (exact) mass is 193 g/mol. The molecule has 12 heavy (non-hydrogen) atoms. The van der Waals surface area contributed by atoms with Crippen molar-refractivity contribution >= 4 is 33.4 Å². The number of pyridine rings is 1. The first-order valence-corrected chi connectivity index (χ1v) is 5.43. The summed E-state index contributed by atoms with van der Waals surface area (Å²) in [6, 6.07) is 10.1. The van der Waals surface area contributed by atoms with Crippen molar-refractivity contribution in [3.05, 3.63) is 36.5 Å². The highest BCUT2D eigenvalue weighted by molar-refractivity contribution is 8.68. The lowest BCUT2D eigenvalue weighted by molar-refractivity contribution is 1.31. The summed E-state index contributed by atoms with van der Waals surface area (Å²) >= 11 is 4.11. The van der Waals surface area contributed by atoms with Crippen molar-refractivity contribution in [2.75, 3.05) is 0 Å². The lowest BCUT2D eigenvalue weighted by atomic mass is 10.2. The van der Waals surface area contributed by atoms with Crippen molar-refractivity contribution in [1.29, 1.82) is 0 Å². The van der Waals surface area contributed by atoms with E-state index in [1.54, 1.807) is 0 Å². The molecule has 0 unspecified atom stereocenters. The SMILES string of the molecule is SSc1cnc2ccccc2c1. The average molecular weight is 193 g/mol. The maximum atomic E-state index is 4.28. The summed E-state index contributed by atoms with van der Waals surface area (Å²) in [5, 5.41) is 1.16. The van der Waals surface area contributed by atoms with Gasteiger partial charge in [0.1, 0.15) is 0 Å². The van der Waals surface area contributed by atoms with E-state index in [1.165, 1.54) is 10.8 Å². The van der Waals surface area contributed by atoms with Crippen molar-refractivity contribution in [1.82, 2.24) is 4.98 Å². The van der Waals surface area contributed by atoms with Gasteiger partial charge in [-0.05, 0) is 12.1 Å². The molecule has 0 bridgehead atoms. The molecule has 1 aromatic heterocycles. The van der Waals surface area contributed by atoms with E-state index in [0.29, 0.717) is 0 Å². The quantitative estimate of drug-likeness (QED) is 0.552. The molecule has 0 saturated heterocycles. The molecule has 0 aliphatic carbocycles. The highest BCUT2D eigenvalue weighted by Gasteiger charge is 1.94. The van der Waals surface area contributed by atoms with E-state index in [9.17, 15) is 0 Å². The van der Waals surface area contributed by atoms with Crippen LogP contribution in [-0.2, 0) is 0 Å².